The zero-order valence-corrected chi connectivity index (χ0v) is 45.8. The second-order valence-electron chi connectivity index (χ2n) is 15.4. The summed E-state index contributed by atoms with van der Waals surface area (Å²) in [5, 5.41) is 29.3. The molecular formula is C58H44Cl4HfN2O2S2-2. The van der Waals surface area contributed by atoms with Crippen molar-refractivity contribution in [3.05, 3.63) is 249 Å². The summed E-state index contributed by atoms with van der Waals surface area (Å²) in [6, 6.07) is 58.0. The molecule has 69 heavy (non-hydrogen) atoms. The predicted molar refractivity (Wildman–Crippen MR) is 291 cm³/mol. The van der Waals surface area contributed by atoms with Crippen LogP contribution in [0.25, 0.3) is 65.9 Å². The van der Waals surface area contributed by atoms with Crippen molar-refractivity contribution < 1.29 is 36.1 Å². The van der Waals surface area contributed by atoms with E-state index >= 15 is 0 Å². The van der Waals surface area contributed by atoms with Crippen LogP contribution in [0.4, 0.5) is 0 Å². The maximum Gasteiger partial charge on any atom is 0.133 e. The number of aryl methyl sites for hydroxylation is 2. The zero-order chi connectivity index (χ0) is 48.2. The van der Waals surface area contributed by atoms with Crippen molar-refractivity contribution in [2.45, 2.75) is 13.8 Å². The van der Waals surface area contributed by atoms with E-state index in [0.717, 1.165) is 54.5 Å². The van der Waals surface area contributed by atoms with Gasteiger partial charge in [0.1, 0.15) is 21.5 Å². The van der Waals surface area contributed by atoms with Gasteiger partial charge in [-0.1, -0.05) is 131 Å². The van der Waals surface area contributed by atoms with Gasteiger partial charge in [-0.05, 0) is 84.6 Å². The van der Waals surface area contributed by atoms with Gasteiger partial charge < -0.3 is 10.2 Å². The number of hydrogen-bond acceptors (Lipinski definition) is 6. The molecule has 4 nitrogen and oxygen atoms in total. The molecule has 8 aromatic carbocycles. The van der Waals surface area contributed by atoms with E-state index in [-0.39, 0.29) is 37.3 Å². The summed E-state index contributed by atoms with van der Waals surface area (Å²) in [5.41, 5.74) is 12.0. The van der Waals surface area contributed by atoms with Gasteiger partial charge in [-0.15, -0.1) is 46.9 Å². The largest absolute Gasteiger partial charge is 0.507 e. The van der Waals surface area contributed by atoms with Crippen LogP contribution in [0.1, 0.15) is 22.3 Å². The maximum atomic E-state index is 10.9. The van der Waals surface area contributed by atoms with Crippen LogP contribution in [-0.2, 0) is 25.8 Å². The van der Waals surface area contributed by atoms with Crippen LogP contribution in [0.3, 0.4) is 0 Å². The van der Waals surface area contributed by atoms with Gasteiger partial charge in [0.25, 0.3) is 0 Å². The van der Waals surface area contributed by atoms with Crippen molar-refractivity contribution in [2.75, 3.05) is 0 Å². The minimum atomic E-state index is 0. The molecule has 0 amide bonds. The van der Waals surface area contributed by atoms with Gasteiger partial charge in [-0.25, -0.2) is 9.97 Å². The number of phenols is 2. The fourth-order valence-corrected chi connectivity index (χ4v) is 9.86. The van der Waals surface area contributed by atoms with E-state index in [4.69, 9.17) is 56.4 Å². The van der Waals surface area contributed by atoms with Gasteiger partial charge in [0.2, 0.25) is 0 Å². The number of aromatic nitrogens is 2. The Hall–Kier alpha value is -5.61. The Morgan fingerprint density at radius 1 is 0.406 bits per heavy atom. The van der Waals surface area contributed by atoms with E-state index < -0.39 is 0 Å². The molecule has 0 aliphatic heterocycles. The number of hydrogen-bond donors (Lipinski definition) is 2. The Labute approximate surface area is 451 Å². The average molecular weight is 1190 g/mol. The van der Waals surface area contributed by atoms with Gasteiger partial charge in [0.05, 0.1) is 42.6 Å². The van der Waals surface area contributed by atoms with Crippen LogP contribution in [0.2, 0.25) is 20.1 Å². The van der Waals surface area contributed by atoms with Crippen LogP contribution >= 0.6 is 69.1 Å². The molecule has 0 unspecified atom stereocenters. The summed E-state index contributed by atoms with van der Waals surface area (Å²) in [6.45, 7) is 11.5. The van der Waals surface area contributed by atoms with Gasteiger partial charge in [-0.3, -0.25) is 0 Å². The fourth-order valence-electron chi connectivity index (χ4n) is 7.02. The number of rotatable bonds is 6. The average Bonchev–Trinajstić information content (AvgIpc) is 4.03. The predicted octanol–water partition coefficient (Wildman–Crippen LogP) is 18.7. The molecule has 0 bridgehead atoms. The minimum absolute atomic E-state index is 0. The van der Waals surface area contributed by atoms with E-state index in [1.54, 1.807) is 36.4 Å². The molecule has 0 atom stereocenters. The van der Waals surface area contributed by atoms with Crippen molar-refractivity contribution in [3.8, 4) is 77.4 Å². The van der Waals surface area contributed by atoms with E-state index in [1.807, 2.05) is 170 Å². The first kappa shape index (κ1) is 52.8. The van der Waals surface area contributed by atoms with Crippen LogP contribution in [-0.4, -0.2) is 20.2 Å². The van der Waals surface area contributed by atoms with Crippen molar-refractivity contribution in [1.82, 2.24) is 9.97 Å². The number of benzene rings is 8. The van der Waals surface area contributed by atoms with E-state index in [2.05, 4.69) is 13.8 Å². The zero-order valence-electron chi connectivity index (χ0n) is 37.5. The van der Waals surface area contributed by atoms with E-state index in [0.29, 0.717) is 53.7 Å². The molecular weight excluding hydrogens is 1140 g/mol. The molecule has 10 aromatic rings. The Kier molecular flexibility index (Phi) is 19.3. The summed E-state index contributed by atoms with van der Waals surface area (Å²) in [7, 11) is 0. The van der Waals surface area contributed by atoms with E-state index in [1.165, 1.54) is 22.7 Å². The molecule has 2 heterocycles. The first-order valence-corrected chi connectivity index (χ1v) is 24.5. The van der Waals surface area contributed by atoms with Gasteiger partial charge in [0, 0.05) is 58.9 Å². The smallest absolute Gasteiger partial charge is 0.133 e. The van der Waals surface area contributed by atoms with Crippen LogP contribution in [0.15, 0.2) is 193 Å². The first-order valence-electron chi connectivity index (χ1n) is 21.2. The molecule has 10 rings (SSSR count). The van der Waals surface area contributed by atoms with Crippen LogP contribution in [0.5, 0.6) is 11.5 Å². The standard InChI is InChI=1S/2C22H15Cl2NOS.2C7H7.Hf/c2*1-13-10-15(14-6-3-2-4-7-14)21(26)16(11-13)22-25-19(12-27-22)20-17(23)8-5-9-18(20)24;2*1-7-5-3-2-4-6-7;/h2*2-12,26H,1H3;2*2-6H,1H2;/q;;2*-1;. The molecule has 0 aliphatic carbocycles. The van der Waals surface area contributed by atoms with Gasteiger partial charge in [0.15, 0.2) is 0 Å². The van der Waals surface area contributed by atoms with E-state index in [9.17, 15) is 10.2 Å². The molecule has 0 saturated carbocycles. The Morgan fingerprint density at radius 3 is 0.986 bits per heavy atom. The van der Waals surface area contributed by atoms with Crippen LogP contribution in [0, 0.1) is 27.7 Å². The summed E-state index contributed by atoms with van der Waals surface area (Å²) in [5.74, 6) is 0.441. The third-order valence-electron chi connectivity index (χ3n) is 10.3. The molecule has 11 heteroatoms. The number of aromatic hydroxyl groups is 2. The van der Waals surface area contributed by atoms with Crippen molar-refractivity contribution in [1.29, 1.82) is 0 Å². The molecule has 2 aromatic heterocycles. The maximum absolute atomic E-state index is 10.9. The molecule has 2 N–H and O–H groups in total. The Bertz CT molecular complexity index is 2980. The van der Waals surface area contributed by atoms with Crippen LogP contribution < -0.4 is 0 Å². The quantitative estimate of drug-likeness (QED) is 0.129. The summed E-state index contributed by atoms with van der Waals surface area (Å²) >= 11 is 28.2. The molecule has 344 valence electrons. The fraction of sp³-hybridized carbons (Fsp3) is 0.0345. The molecule has 0 aliphatic rings. The molecule has 0 saturated heterocycles. The molecule has 0 fully saturated rings. The second kappa shape index (κ2) is 25.3. The van der Waals surface area contributed by atoms with Gasteiger partial charge >= 0.3 is 0 Å². The Morgan fingerprint density at radius 2 is 0.696 bits per heavy atom. The van der Waals surface area contributed by atoms with Crippen molar-refractivity contribution >= 4 is 69.1 Å². The topological polar surface area (TPSA) is 66.2 Å². The second-order valence-corrected chi connectivity index (χ2v) is 18.7. The molecule has 0 spiro atoms. The number of nitrogens with zero attached hydrogens (tertiary/aromatic N) is 2. The summed E-state index contributed by atoms with van der Waals surface area (Å²) in [4.78, 5) is 9.40. The van der Waals surface area contributed by atoms with Crippen molar-refractivity contribution in [3.63, 3.8) is 0 Å². The number of halogens is 4. The van der Waals surface area contributed by atoms with Crippen molar-refractivity contribution in [2.24, 2.45) is 0 Å². The first-order chi connectivity index (χ1) is 32.9. The summed E-state index contributed by atoms with van der Waals surface area (Å²) < 4.78 is 0. The Balaban J connectivity index is 0.000000175. The number of thiazole rings is 2. The summed E-state index contributed by atoms with van der Waals surface area (Å²) in [6.07, 6.45) is 0. The third-order valence-corrected chi connectivity index (χ3v) is 13.3. The SMILES string of the molecule is Cc1cc(-c2ccccc2)c(O)c(-c2nc(-c3c(Cl)cccc3Cl)cs2)c1.Cc1cc(-c2ccccc2)c(O)c(-c2nc(-c3c(Cl)cccc3Cl)cs2)c1.[CH2-]c1ccccc1.[CH2-]c1ccccc1.[Hf]. The normalized spacial score (nSPS) is 10.3. The minimum Gasteiger partial charge on any atom is -0.507 e. The number of phenolic OH excluding ortho intramolecular Hbond substituents is 2. The third kappa shape index (κ3) is 13.8. The monoisotopic (exact) mass is 1180 g/mol. The molecule has 0 radical (unpaired) electrons. The van der Waals surface area contributed by atoms with Gasteiger partial charge in [-0.2, -0.15) is 49.2 Å².